The molecule has 0 radical (unpaired) electrons. The molecule has 7 heteroatoms. The number of nitrogens with zero attached hydrogens (tertiary/aromatic N) is 4. The van der Waals surface area contributed by atoms with Gasteiger partial charge >= 0.3 is 5.76 Å². The average molecular weight is 272 g/mol. The first-order valence-corrected chi connectivity index (χ1v) is 5.83. The number of aromatic nitrogens is 4. The van der Waals surface area contributed by atoms with E-state index in [4.69, 9.17) is 0 Å². The molecule has 2 heterocycles. The summed E-state index contributed by atoms with van der Waals surface area (Å²) in [5.41, 5.74) is 0.356. The first-order chi connectivity index (χ1) is 9.75. The summed E-state index contributed by atoms with van der Waals surface area (Å²) in [5.74, 6) is -0.676. The van der Waals surface area contributed by atoms with Gasteiger partial charge in [0, 0.05) is 18.0 Å². The van der Waals surface area contributed by atoms with Crippen LogP contribution in [0.2, 0.25) is 0 Å². The monoisotopic (exact) mass is 272 g/mol. The van der Waals surface area contributed by atoms with E-state index in [0.29, 0.717) is 5.56 Å². The summed E-state index contributed by atoms with van der Waals surface area (Å²) in [6.45, 7) is 0.00257. The highest BCUT2D eigenvalue weighted by molar-refractivity contribution is 5.41. The second kappa shape index (κ2) is 5.04. The van der Waals surface area contributed by atoms with Gasteiger partial charge in [0.2, 0.25) is 5.82 Å². The van der Waals surface area contributed by atoms with E-state index >= 15 is 0 Å². The fourth-order valence-corrected chi connectivity index (χ4v) is 1.78. The summed E-state index contributed by atoms with van der Waals surface area (Å²) in [4.78, 5) is 19.7. The fourth-order valence-electron chi connectivity index (χ4n) is 1.78. The molecular weight excluding hydrogens is 263 g/mol. The van der Waals surface area contributed by atoms with Crippen LogP contribution in [0.1, 0.15) is 5.56 Å². The van der Waals surface area contributed by atoms with Gasteiger partial charge in [-0.3, -0.25) is 4.52 Å². The van der Waals surface area contributed by atoms with Crippen LogP contribution in [0.5, 0.6) is 0 Å². The van der Waals surface area contributed by atoms with Gasteiger partial charge in [-0.1, -0.05) is 23.4 Å². The van der Waals surface area contributed by atoms with E-state index in [0.717, 1.165) is 0 Å². The SMILES string of the molecule is O=c1onc(-c2ncccn2)n1Cc1ccccc1F. The fraction of sp³-hybridized carbons (Fsp3) is 0.0769. The second-order valence-corrected chi connectivity index (χ2v) is 4.02. The molecular formula is C13H9FN4O2. The molecule has 0 spiro atoms. The lowest BCUT2D eigenvalue weighted by Gasteiger charge is -2.04. The zero-order chi connectivity index (χ0) is 13.9. The van der Waals surface area contributed by atoms with Gasteiger partial charge in [0.25, 0.3) is 0 Å². The van der Waals surface area contributed by atoms with Crippen LogP contribution in [0.4, 0.5) is 4.39 Å². The third-order valence-corrected chi connectivity index (χ3v) is 2.74. The van der Waals surface area contributed by atoms with Gasteiger partial charge in [-0.2, -0.15) is 0 Å². The lowest BCUT2D eigenvalue weighted by atomic mass is 10.2. The van der Waals surface area contributed by atoms with Crippen LogP contribution < -0.4 is 5.76 Å². The number of halogens is 1. The van der Waals surface area contributed by atoms with Crippen LogP contribution in [-0.2, 0) is 6.54 Å². The zero-order valence-electron chi connectivity index (χ0n) is 10.2. The Morgan fingerprint density at radius 2 is 1.90 bits per heavy atom. The van der Waals surface area contributed by atoms with Crippen molar-refractivity contribution in [2.24, 2.45) is 0 Å². The molecule has 0 saturated heterocycles. The van der Waals surface area contributed by atoms with E-state index in [-0.39, 0.29) is 18.2 Å². The van der Waals surface area contributed by atoms with E-state index in [2.05, 4.69) is 19.6 Å². The van der Waals surface area contributed by atoms with Crippen LogP contribution in [0, 0.1) is 5.82 Å². The molecule has 0 fully saturated rings. The van der Waals surface area contributed by atoms with Crippen molar-refractivity contribution in [3.05, 3.63) is 64.7 Å². The largest absolute Gasteiger partial charge is 0.442 e. The third kappa shape index (κ3) is 2.20. The highest BCUT2D eigenvalue weighted by atomic mass is 19.1. The van der Waals surface area contributed by atoms with E-state index in [9.17, 15) is 9.18 Å². The maximum Gasteiger partial charge on any atom is 0.442 e. The lowest BCUT2D eigenvalue weighted by Crippen LogP contribution is -2.17. The molecule has 0 atom stereocenters. The van der Waals surface area contributed by atoms with Crippen molar-refractivity contribution in [1.82, 2.24) is 19.7 Å². The normalized spacial score (nSPS) is 10.7. The van der Waals surface area contributed by atoms with Crippen LogP contribution in [0.25, 0.3) is 11.6 Å². The summed E-state index contributed by atoms with van der Waals surface area (Å²) < 4.78 is 19.5. The molecule has 6 nitrogen and oxygen atoms in total. The quantitative estimate of drug-likeness (QED) is 0.722. The molecule has 0 unspecified atom stereocenters. The highest BCUT2D eigenvalue weighted by Crippen LogP contribution is 2.13. The topological polar surface area (TPSA) is 73.8 Å². The summed E-state index contributed by atoms with van der Waals surface area (Å²) >= 11 is 0. The molecule has 3 rings (SSSR count). The van der Waals surface area contributed by atoms with Crippen molar-refractivity contribution in [2.45, 2.75) is 6.54 Å². The Bertz CT molecular complexity index is 782. The summed E-state index contributed by atoms with van der Waals surface area (Å²) in [7, 11) is 0. The van der Waals surface area contributed by atoms with Crippen molar-refractivity contribution < 1.29 is 8.91 Å². The van der Waals surface area contributed by atoms with Crippen LogP contribution in [0.3, 0.4) is 0 Å². The van der Waals surface area contributed by atoms with E-state index in [1.807, 2.05) is 0 Å². The number of hydrogen-bond donors (Lipinski definition) is 0. The second-order valence-electron chi connectivity index (χ2n) is 4.02. The Morgan fingerprint density at radius 1 is 1.15 bits per heavy atom. The molecule has 0 aliphatic rings. The van der Waals surface area contributed by atoms with Gasteiger partial charge in [-0.15, -0.1) is 0 Å². The predicted molar refractivity (Wildman–Crippen MR) is 67.3 cm³/mol. The zero-order valence-corrected chi connectivity index (χ0v) is 10.2. The van der Waals surface area contributed by atoms with Crippen molar-refractivity contribution in [1.29, 1.82) is 0 Å². The van der Waals surface area contributed by atoms with Gasteiger partial charge in [-0.25, -0.2) is 23.7 Å². The molecule has 20 heavy (non-hydrogen) atoms. The molecule has 0 N–H and O–H groups in total. The lowest BCUT2D eigenvalue weighted by molar-refractivity contribution is 0.377. The number of rotatable bonds is 3. The van der Waals surface area contributed by atoms with Crippen molar-refractivity contribution >= 4 is 0 Å². The first-order valence-electron chi connectivity index (χ1n) is 5.83. The van der Waals surface area contributed by atoms with Crippen molar-refractivity contribution in [3.8, 4) is 11.6 Å². The maximum absolute atomic E-state index is 13.6. The number of hydrogen-bond acceptors (Lipinski definition) is 5. The Hall–Kier alpha value is -2.83. The standard InChI is InChI=1S/C13H9FN4O2/c14-10-5-2-1-4-9(10)8-18-12(17-20-13(18)19)11-15-6-3-7-16-11/h1-7H,8H2. The van der Waals surface area contributed by atoms with Crippen molar-refractivity contribution in [3.63, 3.8) is 0 Å². The minimum absolute atomic E-state index is 0.00257. The minimum Gasteiger partial charge on any atom is -0.295 e. The average Bonchev–Trinajstić information content (AvgIpc) is 2.84. The van der Waals surface area contributed by atoms with Crippen LogP contribution in [-0.4, -0.2) is 19.7 Å². The molecule has 0 bridgehead atoms. The Morgan fingerprint density at radius 3 is 2.65 bits per heavy atom. The van der Waals surface area contributed by atoms with Crippen molar-refractivity contribution in [2.75, 3.05) is 0 Å². The molecule has 0 amide bonds. The van der Waals surface area contributed by atoms with Gasteiger partial charge in [0.05, 0.1) is 6.54 Å². The first kappa shape index (κ1) is 12.2. The van der Waals surface area contributed by atoms with Crippen LogP contribution in [0.15, 0.2) is 52.0 Å². The smallest absolute Gasteiger partial charge is 0.295 e. The maximum atomic E-state index is 13.6. The summed E-state index contributed by atoms with van der Waals surface area (Å²) in [5, 5.41) is 3.64. The minimum atomic E-state index is -0.685. The molecule has 3 aromatic rings. The third-order valence-electron chi connectivity index (χ3n) is 2.74. The Labute approximate surface area is 112 Å². The number of benzene rings is 1. The van der Waals surface area contributed by atoms with Gasteiger partial charge in [0.15, 0.2) is 5.82 Å². The molecule has 0 aliphatic carbocycles. The highest BCUT2D eigenvalue weighted by Gasteiger charge is 2.16. The van der Waals surface area contributed by atoms with E-state index < -0.39 is 11.6 Å². The van der Waals surface area contributed by atoms with Gasteiger partial charge in [0.1, 0.15) is 5.82 Å². The molecule has 0 saturated carbocycles. The molecule has 0 aliphatic heterocycles. The Balaban J connectivity index is 2.05. The predicted octanol–water partition coefficient (Wildman–Crippen LogP) is 1.48. The van der Waals surface area contributed by atoms with E-state index in [1.54, 1.807) is 24.3 Å². The van der Waals surface area contributed by atoms with E-state index in [1.165, 1.54) is 23.0 Å². The molecule has 2 aromatic heterocycles. The summed E-state index contributed by atoms with van der Waals surface area (Å²) in [6, 6.07) is 7.83. The Kier molecular flexibility index (Phi) is 3.08. The van der Waals surface area contributed by atoms with Gasteiger partial charge in [-0.05, 0) is 12.1 Å². The molecule has 100 valence electrons. The summed E-state index contributed by atoms with van der Waals surface area (Å²) in [6.07, 6.45) is 3.05. The van der Waals surface area contributed by atoms with Crippen LogP contribution >= 0.6 is 0 Å². The molecule has 1 aromatic carbocycles. The van der Waals surface area contributed by atoms with Gasteiger partial charge < -0.3 is 0 Å².